The highest BCUT2D eigenvalue weighted by Gasteiger charge is 2.15. The molecule has 0 aliphatic rings. The van der Waals surface area contributed by atoms with Gasteiger partial charge in [0.05, 0.1) is 6.61 Å². The molecule has 1 aromatic carbocycles. The second-order valence-electron chi connectivity index (χ2n) is 3.87. The largest absolute Gasteiger partial charge is 0.550 e. The molecule has 1 rings (SSSR count). The molecule has 1 atom stereocenters. The molecule has 5 nitrogen and oxygen atoms in total. The van der Waals surface area contributed by atoms with Crippen molar-refractivity contribution in [3.8, 4) is 0 Å². The average Bonchev–Trinajstić information content (AvgIpc) is 2.36. The van der Waals surface area contributed by atoms with Gasteiger partial charge in [-0.1, -0.05) is 30.3 Å². The van der Waals surface area contributed by atoms with Gasteiger partial charge in [-0.3, -0.25) is 9.63 Å². The maximum Gasteiger partial charge on any atom is 0.244 e. The molecule has 0 saturated heterocycles. The molecule has 0 spiro atoms. The van der Waals surface area contributed by atoms with Crippen LogP contribution in [0.5, 0.6) is 0 Å². The smallest absolute Gasteiger partial charge is 0.244 e. The Balaban J connectivity index is 2.55. The van der Waals surface area contributed by atoms with Crippen LogP contribution >= 0.6 is 0 Å². The van der Waals surface area contributed by atoms with E-state index in [1.165, 1.54) is 0 Å². The third-order valence-electron chi connectivity index (χ3n) is 2.42. The SMILES string of the molecule is CCONC(=O)CC(Cc1ccccc1)C(=O)[O-]. The molecule has 0 radical (unpaired) electrons. The first kappa shape index (κ1) is 14.2. The standard InChI is InChI=1S/C13H17NO4/c1-2-18-14-12(15)9-11(13(16)17)8-10-6-4-3-5-7-10/h3-7,11H,2,8-9H2,1H3,(H,14,15)(H,16,17)/p-1. The van der Waals surface area contributed by atoms with Crippen LogP contribution in [0.2, 0.25) is 0 Å². The predicted octanol–water partition coefficient (Wildman–Crippen LogP) is 0.0530. The van der Waals surface area contributed by atoms with E-state index in [1.54, 1.807) is 6.92 Å². The number of aliphatic carboxylic acids is 1. The molecular weight excluding hydrogens is 234 g/mol. The van der Waals surface area contributed by atoms with Crippen molar-refractivity contribution in [2.24, 2.45) is 5.92 Å². The van der Waals surface area contributed by atoms with Gasteiger partial charge in [-0.05, 0) is 18.9 Å². The van der Waals surface area contributed by atoms with Crippen LogP contribution in [0.3, 0.4) is 0 Å². The number of hydrogen-bond donors (Lipinski definition) is 1. The number of rotatable bonds is 7. The third kappa shape index (κ3) is 4.97. The van der Waals surface area contributed by atoms with Crippen LogP contribution in [0, 0.1) is 5.92 Å². The second kappa shape index (κ2) is 7.45. The Morgan fingerprint density at radius 3 is 2.56 bits per heavy atom. The molecule has 98 valence electrons. The minimum absolute atomic E-state index is 0.156. The molecule has 0 bridgehead atoms. The minimum atomic E-state index is -1.23. The molecule has 18 heavy (non-hydrogen) atoms. The predicted molar refractivity (Wildman–Crippen MR) is 63.0 cm³/mol. The number of carbonyl (C=O) groups is 2. The van der Waals surface area contributed by atoms with E-state index in [0.717, 1.165) is 5.56 Å². The van der Waals surface area contributed by atoms with Gasteiger partial charge in [0.15, 0.2) is 0 Å². The summed E-state index contributed by atoms with van der Waals surface area (Å²) in [6.45, 7) is 2.06. The molecule has 0 heterocycles. The summed E-state index contributed by atoms with van der Waals surface area (Å²) >= 11 is 0. The molecule has 0 saturated carbocycles. The lowest BCUT2D eigenvalue weighted by Crippen LogP contribution is -2.36. The van der Waals surface area contributed by atoms with Gasteiger partial charge >= 0.3 is 0 Å². The average molecular weight is 250 g/mol. The Hall–Kier alpha value is -1.88. The number of hydroxylamine groups is 1. The fraction of sp³-hybridized carbons (Fsp3) is 0.385. The summed E-state index contributed by atoms with van der Waals surface area (Å²) in [4.78, 5) is 27.1. The van der Waals surface area contributed by atoms with Crippen molar-refractivity contribution in [1.82, 2.24) is 5.48 Å². The zero-order valence-corrected chi connectivity index (χ0v) is 10.2. The van der Waals surface area contributed by atoms with Crippen LogP contribution in [0.4, 0.5) is 0 Å². The van der Waals surface area contributed by atoms with Crippen molar-refractivity contribution in [3.63, 3.8) is 0 Å². The first-order valence-electron chi connectivity index (χ1n) is 5.79. The Morgan fingerprint density at radius 1 is 1.33 bits per heavy atom. The number of hydrogen-bond acceptors (Lipinski definition) is 4. The van der Waals surface area contributed by atoms with Gasteiger partial charge in [0.2, 0.25) is 5.91 Å². The lowest BCUT2D eigenvalue weighted by atomic mass is 9.96. The van der Waals surface area contributed by atoms with Crippen molar-refractivity contribution in [1.29, 1.82) is 0 Å². The number of carboxylic acids is 1. The van der Waals surface area contributed by atoms with Crippen molar-refractivity contribution in [2.45, 2.75) is 19.8 Å². The molecule has 1 unspecified atom stereocenters. The summed E-state index contributed by atoms with van der Waals surface area (Å²) in [6.07, 6.45) is 0.111. The first-order valence-corrected chi connectivity index (χ1v) is 5.79. The highest BCUT2D eigenvalue weighted by molar-refractivity contribution is 5.81. The maximum absolute atomic E-state index is 11.4. The summed E-state index contributed by atoms with van der Waals surface area (Å²) < 4.78 is 0. The van der Waals surface area contributed by atoms with E-state index in [1.807, 2.05) is 30.3 Å². The van der Waals surface area contributed by atoms with Gasteiger partial charge in [0.1, 0.15) is 0 Å². The first-order chi connectivity index (χ1) is 8.63. The number of carboxylic acid groups (broad SMARTS) is 1. The Labute approximate surface area is 106 Å². The molecule has 1 amide bonds. The van der Waals surface area contributed by atoms with Crippen LogP contribution in [0.1, 0.15) is 18.9 Å². The number of amides is 1. The molecule has 5 heteroatoms. The number of nitrogens with one attached hydrogen (secondary N) is 1. The third-order valence-corrected chi connectivity index (χ3v) is 2.42. The normalized spacial score (nSPS) is 11.8. The van der Waals surface area contributed by atoms with Gasteiger partial charge in [0, 0.05) is 18.3 Å². The minimum Gasteiger partial charge on any atom is -0.550 e. The maximum atomic E-state index is 11.4. The van der Waals surface area contributed by atoms with Crippen LogP contribution in [-0.2, 0) is 20.8 Å². The topological polar surface area (TPSA) is 78.5 Å². The van der Waals surface area contributed by atoms with Gasteiger partial charge in [-0.15, -0.1) is 0 Å². The highest BCUT2D eigenvalue weighted by Crippen LogP contribution is 2.11. The van der Waals surface area contributed by atoms with E-state index >= 15 is 0 Å². The monoisotopic (exact) mass is 250 g/mol. The van der Waals surface area contributed by atoms with Gasteiger partial charge < -0.3 is 9.90 Å². The summed E-state index contributed by atoms with van der Waals surface area (Å²) in [7, 11) is 0. The molecule has 0 aromatic heterocycles. The van der Waals surface area contributed by atoms with Crippen molar-refractivity contribution < 1.29 is 19.5 Å². The molecule has 0 fully saturated rings. The van der Waals surface area contributed by atoms with Crippen molar-refractivity contribution in [3.05, 3.63) is 35.9 Å². The lowest BCUT2D eigenvalue weighted by molar-refractivity contribution is -0.311. The van der Waals surface area contributed by atoms with E-state index in [0.29, 0.717) is 6.61 Å². The van der Waals surface area contributed by atoms with E-state index in [4.69, 9.17) is 4.84 Å². The van der Waals surface area contributed by atoms with Crippen LogP contribution in [0.15, 0.2) is 30.3 Å². The van der Waals surface area contributed by atoms with E-state index in [2.05, 4.69) is 5.48 Å². The van der Waals surface area contributed by atoms with Crippen molar-refractivity contribution in [2.75, 3.05) is 6.61 Å². The molecular formula is C13H16NO4-. The van der Waals surface area contributed by atoms with E-state index in [9.17, 15) is 14.7 Å². The second-order valence-corrected chi connectivity index (χ2v) is 3.87. The Morgan fingerprint density at radius 2 is 2.00 bits per heavy atom. The highest BCUT2D eigenvalue weighted by atomic mass is 16.6. The summed E-state index contributed by atoms with van der Waals surface area (Å²) in [5.41, 5.74) is 3.03. The zero-order chi connectivity index (χ0) is 13.4. The van der Waals surface area contributed by atoms with E-state index in [-0.39, 0.29) is 12.8 Å². The van der Waals surface area contributed by atoms with E-state index < -0.39 is 17.8 Å². The molecule has 1 N–H and O–H groups in total. The molecule has 1 aromatic rings. The summed E-state index contributed by atoms with van der Waals surface area (Å²) in [5, 5.41) is 11.0. The van der Waals surface area contributed by atoms with Crippen LogP contribution in [0.25, 0.3) is 0 Å². The molecule has 0 aliphatic heterocycles. The Kier molecular flexibility index (Phi) is 5.87. The number of benzene rings is 1. The molecule has 0 aliphatic carbocycles. The zero-order valence-electron chi connectivity index (χ0n) is 10.2. The summed E-state index contributed by atoms with van der Waals surface area (Å²) in [6, 6.07) is 9.12. The quantitative estimate of drug-likeness (QED) is 0.694. The van der Waals surface area contributed by atoms with Gasteiger partial charge in [0.25, 0.3) is 0 Å². The van der Waals surface area contributed by atoms with Crippen LogP contribution in [-0.4, -0.2) is 18.5 Å². The van der Waals surface area contributed by atoms with Gasteiger partial charge in [-0.25, -0.2) is 5.48 Å². The van der Waals surface area contributed by atoms with Crippen LogP contribution < -0.4 is 10.6 Å². The number of carbonyl (C=O) groups excluding carboxylic acids is 2. The summed E-state index contributed by atoms with van der Waals surface area (Å²) in [5.74, 6) is -2.54. The fourth-order valence-corrected chi connectivity index (χ4v) is 1.56. The lowest BCUT2D eigenvalue weighted by Gasteiger charge is -2.17. The van der Waals surface area contributed by atoms with Gasteiger partial charge in [-0.2, -0.15) is 0 Å². The Bertz CT molecular complexity index is 391. The van der Waals surface area contributed by atoms with Crippen molar-refractivity contribution >= 4 is 11.9 Å². The fourth-order valence-electron chi connectivity index (χ4n) is 1.56.